The molecule has 0 radical (unpaired) electrons. The van der Waals surface area contributed by atoms with Gasteiger partial charge in [0.05, 0.1) is 11.3 Å². The smallest absolute Gasteiger partial charge is 0.259 e. The first-order valence-electron chi connectivity index (χ1n) is 4.21. The Labute approximate surface area is 90.7 Å². The Morgan fingerprint density at radius 1 is 1.60 bits per heavy atom. The minimum Gasteiger partial charge on any atom is -0.289 e. The van der Waals surface area contributed by atoms with Crippen LogP contribution < -0.4 is 4.72 Å². The number of allylic oxidation sites excluding steroid dienone is 1. The predicted octanol–water partition coefficient (Wildman–Crippen LogP) is 2.14. The molecule has 1 atom stereocenters. The van der Waals surface area contributed by atoms with Gasteiger partial charge in [-0.25, -0.2) is 4.21 Å². The van der Waals surface area contributed by atoms with Crippen LogP contribution in [-0.4, -0.2) is 8.76 Å². The van der Waals surface area contributed by atoms with Gasteiger partial charge in [0.15, 0.2) is 0 Å². The van der Waals surface area contributed by atoms with Gasteiger partial charge in [-0.05, 0) is 24.6 Å². The van der Waals surface area contributed by atoms with Gasteiger partial charge in [-0.2, -0.15) is 5.26 Å². The van der Waals surface area contributed by atoms with Crippen LogP contribution >= 0.6 is 0 Å². The fourth-order valence-corrected chi connectivity index (χ4v) is 1.50. The average Bonchev–Trinajstić information content (AvgIpc) is 2.20. The maximum Gasteiger partial charge on any atom is 0.259 e. The molecule has 78 valence electrons. The first-order valence-corrected chi connectivity index (χ1v) is 5.32. The van der Waals surface area contributed by atoms with Crippen LogP contribution in [0.2, 0.25) is 0 Å². The Morgan fingerprint density at radius 3 is 2.87 bits per heavy atom. The third kappa shape index (κ3) is 3.20. The monoisotopic (exact) mass is 222 g/mol. The van der Waals surface area contributed by atoms with Crippen molar-refractivity contribution in [2.75, 3.05) is 4.72 Å². The molecule has 0 heterocycles. The summed E-state index contributed by atoms with van der Waals surface area (Å²) in [7, 11) is 0. The van der Waals surface area contributed by atoms with Crippen LogP contribution in [0, 0.1) is 11.3 Å². The second kappa shape index (κ2) is 5.29. The fourth-order valence-electron chi connectivity index (χ4n) is 1.13. The molecule has 1 unspecified atom stereocenters. The molecule has 0 fully saturated rings. The Morgan fingerprint density at radius 2 is 2.33 bits per heavy atom. The summed E-state index contributed by atoms with van der Waals surface area (Å²) >= 11 is -2.16. The number of hydrogen-bond donors (Lipinski definition) is 2. The molecule has 1 rings (SSSR count). The largest absolute Gasteiger partial charge is 0.289 e. The zero-order valence-corrected chi connectivity index (χ0v) is 8.91. The summed E-state index contributed by atoms with van der Waals surface area (Å²) in [5, 5.41) is 8.83. The highest BCUT2D eigenvalue weighted by Crippen LogP contribution is 2.17. The maximum absolute atomic E-state index is 10.5. The third-order valence-corrected chi connectivity index (χ3v) is 2.11. The van der Waals surface area contributed by atoms with Crippen molar-refractivity contribution in [3.05, 3.63) is 35.4 Å². The van der Waals surface area contributed by atoms with Crippen molar-refractivity contribution in [1.29, 1.82) is 5.26 Å². The first-order chi connectivity index (χ1) is 7.17. The lowest BCUT2D eigenvalue weighted by Crippen LogP contribution is -2.03. The van der Waals surface area contributed by atoms with E-state index in [0.29, 0.717) is 11.3 Å². The van der Waals surface area contributed by atoms with Gasteiger partial charge in [0.2, 0.25) is 0 Å². The summed E-state index contributed by atoms with van der Waals surface area (Å²) in [6.45, 7) is 1.88. The van der Waals surface area contributed by atoms with Gasteiger partial charge in [0.1, 0.15) is 6.07 Å². The molecule has 1 aromatic carbocycles. The van der Waals surface area contributed by atoms with E-state index in [1.165, 1.54) is 0 Å². The quantitative estimate of drug-likeness (QED) is 0.769. The van der Waals surface area contributed by atoms with E-state index in [1.54, 1.807) is 18.2 Å². The van der Waals surface area contributed by atoms with Gasteiger partial charge >= 0.3 is 0 Å². The minimum atomic E-state index is -2.16. The van der Waals surface area contributed by atoms with E-state index in [0.717, 1.165) is 5.56 Å². The van der Waals surface area contributed by atoms with Crippen molar-refractivity contribution < 1.29 is 8.76 Å². The average molecular weight is 222 g/mol. The maximum atomic E-state index is 10.5. The summed E-state index contributed by atoms with van der Waals surface area (Å²) in [4.78, 5) is 0. The minimum absolute atomic E-state index is 0.341. The number of benzene rings is 1. The summed E-state index contributed by atoms with van der Waals surface area (Å²) in [6.07, 6.45) is 3.70. The van der Waals surface area contributed by atoms with Crippen molar-refractivity contribution in [2.24, 2.45) is 0 Å². The standard InChI is InChI=1S/C10H10N2O2S/c1-2-3-8-4-5-10(12-15(13)14)9(6-8)7-11/h2-6,12H,1H3,(H,13,14)/b3-2+. The number of hydrogen-bond acceptors (Lipinski definition) is 2. The van der Waals surface area contributed by atoms with E-state index in [2.05, 4.69) is 4.72 Å². The topological polar surface area (TPSA) is 73.1 Å². The molecule has 5 heteroatoms. The SMILES string of the molecule is C/C=C/c1ccc(NS(=O)O)c(C#N)c1. The van der Waals surface area contributed by atoms with E-state index >= 15 is 0 Å². The van der Waals surface area contributed by atoms with Gasteiger partial charge in [-0.1, -0.05) is 18.2 Å². The number of nitriles is 1. The number of nitrogens with one attached hydrogen (secondary N) is 1. The molecule has 0 aromatic heterocycles. The van der Waals surface area contributed by atoms with E-state index in [-0.39, 0.29) is 0 Å². The van der Waals surface area contributed by atoms with Crippen LogP contribution in [0.3, 0.4) is 0 Å². The molecule has 0 bridgehead atoms. The van der Waals surface area contributed by atoms with Crippen LogP contribution in [0.5, 0.6) is 0 Å². The number of anilines is 1. The molecule has 0 aliphatic rings. The van der Waals surface area contributed by atoms with Gasteiger partial charge in [-0.3, -0.25) is 9.27 Å². The molecule has 1 aromatic rings. The zero-order valence-electron chi connectivity index (χ0n) is 8.10. The third-order valence-electron chi connectivity index (χ3n) is 1.72. The Kier molecular flexibility index (Phi) is 4.03. The second-order valence-electron chi connectivity index (χ2n) is 2.77. The van der Waals surface area contributed by atoms with Crippen LogP contribution in [0.25, 0.3) is 6.08 Å². The van der Waals surface area contributed by atoms with Gasteiger partial charge in [-0.15, -0.1) is 0 Å². The number of nitrogens with zero attached hydrogens (tertiary/aromatic N) is 1. The van der Waals surface area contributed by atoms with Crippen molar-refractivity contribution in [3.63, 3.8) is 0 Å². The first kappa shape index (κ1) is 11.4. The van der Waals surface area contributed by atoms with E-state index in [1.807, 2.05) is 25.1 Å². The fraction of sp³-hybridized carbons (Fsp3) is 0.100. The molecule has 4 nitrogen and oxygen atoms in total. The summed E-state index contributed by atoms with van der Waals surface area (Å²) in [5.41, 5.74) is 1.57. The highest BCUT2D eigenvalue weighted by atomic mass is 32.2. The second-order valence-corrected chi connectivity index (χ2v) is 3.47. The lowest BCUT2D eigenvalue weighted by atomic mass is 10.1. The van der Waals surface area contributed by atoms with E-state index in [9.17, 15) is 4.21 Å². The van der Waals surface area contributed by atoms with Gasteiger partial charge in [0, 0.05) is 0 Å². The Hall–Kier alpha value is -1.64. The normalized spacial score (nSPS) is 12.3. The molecule has 0 saturated heterocycles. The highest BCUT2D eigenvalue weighted by Gasteiger charge is 2.03. The Balaban J connectivity index is 3.10. The molecule has 2 N–H and O–H groups in total. The molecular formula is C10H10N2O2S. The van der Waals surface area contributed by atoms with Gasteiger partial charge in [0.25, 0.3) is 11.3 Å². The molecule has 0 aliphatic carbocycles. The van der Waals surface area contributed by atoms with Crippen LogP contribution in [0.4, 0.5) is 5.69 Å². The highest BCUT2D eigenvalue weighted by molar-refractivity contribution is 7.80. The zero-order chi connectivity index (χ0) is 11.3. The van der Waals surface area contributed by atoms with Crippen molar-refractivity contribution in [1.82, 2.24) is 0 Å². The van der Waals surface area contributed by atoms with E-state index < -0.39 is 11.3 Å². The molecular weight excluding hydrogens is 212 g/mol. The van der Waals surface area contributed by atoms with E-state index in [4.69, 9.17) is 9.81 Å². The summed E-state index contributed by atoms with van der Waals surface area (Å²) in [6, 6.07) is 6.96. The molecule has 0 saturated carbocycles. The van der Waals surface area contributed by atoms with Crippen LogP contribution in [-0.2, 0) is 11.3 Å². The summed E-state index contributed by atoms with van der Waals surface area (Å²) < 4.78 is 21.4. The van der Waals surface area contributed by atoms with Crippen molar-refractivity contribution in [2.45, 2.75) is 6.92 Å². The lowest BCUT2D eigenvalue weighted by Gasteiger charge is -2.04. The summed E-state index contributed by atoms with van der Waals surface area (Å²) in [5.74, 6) is 0. The van der Waals surface area contributed by atoms with Crippen LogP contribution in [0.15, 0.2) is 24.3 Å². The Bertz CT molecular complexity index is 449. The lowest BCUT2D eigenvalue weighted by molar-refractivity contribution is 0.570. The molecule has 0 aliphatic heterocycles. The van der Waals surface area contributed by atoms with Crippen molar-refractivity contribution >= 4 is 23.0 Å². The number of rotatable bonds is 3. The van der Waals surface area contributed by atoms with Crippen LogP contribution in [0.1, 0.15) is 18.1 Å². The predicted molar refractivity (Wildman–Crippen MR) is 60.3 cm³/mol. The van der Waals surface area contributed by atoms with Gasteiger partial charge < -0.3 is 0 Å². The molecule has 15 heavy (non-hydrogen) atoms. The molecule has 0 amide bonds. The van der Waals surface area contributed by atoms with Crippen molar-refractivity contribution in [3.8, 4) is 6.07 Å². The molecule has 0 spiro atoms.